The summed E-state index contributed by atoms with van der Waals surface area (Å²) in [6.07, 6.45) is 12.0. The van der Waals surface area contributed by atoms with Crippen molar-refractivity contribution in [1.29, 1.82) is 0 Å². The molecule has 0 aromatic carbocycles. The molecule has 0 amide bonds. The van der Waals surface area contributed by atoms with E-state index >= 15 is 0 Å². The number of hydrogen-bond acceptors (Lipinski definition) is 3. The summed E-state index contributed by atoms with van der Waals surface area (Å²) in [5.74, 6) is -0.930. The molecule has 4 heteroatoms. The van der Waals surface area contributed by atoms with E-state index in [1.807, 2.05) is 0 Å². The minimum absolute atomic E-state index is 0.238. The predicted molar refractivity (Wildman–Crippen MR) is 85.5 cm³/mol. The molecule has 1 aromatic heterocycles. The molecule has 1 aromatic rings. The van der Waals surface area contributed by atoms with Crippen LogP contribution >= 0.6 is 0 Å². The fourth-order valence-electron chi connectivity index (χ4n) is 2.26. The first-order valence-electron chi connectivity index (χ1n) is 8.13. The molecule has 0 saturated carbocycles. The summed E-state index contributed by atoms with van der Waals surface area (Å²) < 4.78 is 0. The average molecular weight is 292 g/mol. The van der Waals surface area contributed by atoms with Gasteiger partial charge in [0.15, 0.2) is 0 Å². The third kappa shape index (κ3) is 8.45. The second-order valence-electron chi connectivity index (χ2n) is 5.50. The maximum Gasteiger partial charge on any atom is 0.337 e. The van der Waals surface area contributed by atoms with Gasteiger partial charge in [-0.25, -0.2) is 4.79 Å². The summed E-state index contributed by atoms with van der Waals surface area (Å²) >= 11 is 0. The Morgan fingerprint density at radius 1 is 1.10 bits per heavy atom. The maximum atomic E-state index is 10.7. The highest BCUT2D eigenvalue weighted by molar-refractivity contribution is 5.87. The molecule has 2 N–H and O–H groups in total. The van der Waals surface area contributed by atoms with Crippen LogP contribution in [0.3, 0.4) is 0 Å². The molecule has 0 fully saturated rings. The van der Waals surface area contributed by atoms with Crippen LogP contribution in [-0.4, -0.2) is 22.6 Å². The van der Waals surface area contributed by atoms with Crippen LogP contribution in [0.4, 0.5) is 0 Å². The summed E-state index contributed by atoms with van der Waals surface area (Å²) in [7, 11) is 0. The van der Waals surface area contributed by atoms with Crippen molar-refractivity contribution in [3.05, 3.63) is 29.6 Å². The van der Waals surface area contributed by atoms with E-state index in [0.29, 0.717) is 6.54 Å². The van der Waals surface area contributed by atoms with Gasteiger partial charge in [-0.05, 0) is 25.1 Å². The van der Waals surface area contributed by atoms with E-state index in [4.69, 9.17) is 5.11 Å². The number of pyridine rings is 1. The number of nitrogens with one attached hydrogen (secondary N) is 1. The smallest absolute Gasteiger partial charge is 0.337 e. The minimum Gasteiger partial charge on any atom is -0.478 e. The molecule has 118 valence electrons. The zero-order chi connectivity index (χ0) is 15.3. The van der Waals surface area contributed by atoms with Gasteiger partial charge in [0.05, 0.1) is 11.3 Å². The van der Waals surface area contributed by atoms with Gasteiger partial charge in [0.25, 0.3) is 0 Å². The van der Waals surface area contributed by atoms with Gasteiger partial charge in [0.2, 0.25) is 0 Å². The fourth-order valence-corrected chi connectivity index (χ4v) is 2.26. The van der Waals surface area contributed by atoms with Gasteiger partial charge in [-0.1, -0.05) is 51.9 Å². The van der Waals surface area contributed by atoms with Crippen molar-refractivity contribution in [1.82, 2.24) is 10.3 Å². The number of aromatic carboxylic acids is 1. The maximum absolute atomic E-state index is 10.7. The molecule has 4 nitrogen and oxygen atoms in total. The van der Waals surface area contributed by atoms with Crippen LogP contribution in [0, 0.1) is 0 Å². The van der Waals surface area contributed by atoms with E-state index in [9.17, 15) is 4.79 Å². The summed E-state index contributed by atoms with van der Waals surface area (Å²) in [4.78, 5) is 14.8. The van der Waals surface area contributed by atoms with Gasteiger partial charge >= 0.3 is 5.97 Å². The third-order valence-corrected chi connectivity index (χ3v) is 3.58. The molecule has 0 radical (unpaired) electrons. The standard InChI is InChI=1S/C17H28N2O2/c1-2-3-4-5-6-7-8-9-12-18-14-16-11-10-15(13-19-16)17(20)21/h10-11,13,18H,2-9,12,14H2,1H3,(H,20,21). The molecule has 21 heavy (non-hydrogen) atoms. The Hall–Kier alpha value is -1.42. The Labute approximate surface area is 128 Å². The van der Waals surface area contributed by atoms with E-state index in [1.54, 1.807) is 12.1 Å². The van der Waals surface area contributed by atoms with Crippen molar-refractivity contribution in [2.45, 2.75) is 64.8 Å². The number of carboxylic acid groups (broad SMARTS) is 1. The normalized spacial score (nSPS) is 10.7. The monoisotopic (exact) mass is 292 g/mol. The van der Waals surface area contributed by atoms with Crippen molar-refractivity contribution < 1.29 is 9.90 Å². The van der Waals surface area contributed by atoms with E-state index in [1.165, 1.54) is 57.6 Å². The second kappa shape index (κ2) is 11.3. The molecule has 0 spiro atoms. The van der Waals surface area contributed by atoms with Gasteiger partial charge in [0, 0.05) is 12.7 Å². The predicted octanol–water partition coefficient (Wildman–Crippen LogP) is 4.01. The van der Waals surface area contributed by atoms with Crippen LogP contribution in [0.15, 0.2) is 18.3 Å². The Morgan fingerprint density at radius 3 is 2.33 bits per heavy atom. The Morgan fingerprint density at radius 2 is 1.76 bits per heavy atom. The van der Waals surface area contributed by atoms with E-state index < -0.39 is 5.97 Å². The number of carbonyl (C=O) groups is 1. The highest BCUT2D eigenvalue weighted by Gasteiger charge is 2.02. The first kappa shape index (κ1) is 17.6. The number of carboxylic acids is 1. The van der Waals surface area contributed by atoms with Crippen molar-refractivity contribution in [3.8, 4) is 0 Å². The summed E-state index contributed by atoms with van der Waals surface area (Å²) in [6.45, 7) is 3.95. The minimum atomic E-state index is -0.930. The first-order valence-corrected chi connectivity index (χ1v) is 8.13. The number of hydrogen-bond donors (Lipinski definition) is 2. The quantitative estimate of drug-likeness (QED) is 0.571. The van der Waals surface area contributed by atoms with Crippen LogP contribution in [0.25, 0.3) is 0 Å². The number of aromatic nitrogens is 1. The molecule has 0 unspecified atom stereocenters. The molecule has 1 rings (SSSR count). The summed E-state index contributed by atoms with van der Waals surface area (Å²) in [5, 5.41) is 12.1. The molecule has 0 atom stereocenters. The number of unbranched alkanes of at least 4 members (excludes halogenated alkanes) is 7. The van der Waals surface area contributed by atoms with Crippen LogP contribution in [0.2, 0.25) is 0 Å². The van der Waals surface area contributed by atoms with Gasteiger partial charge in [-0.3, -0.25) is 4.98 Å². The molecule has 1 heterocycles. The molecule has 0 bridgehead atoms. The lowest BCUT2D eigenvalue weighted by Gasteiger charge is -2.05. The van der Waals surface area contributed by atoms with Crippen LogP contribution in [0.5, 0.6) is 0 Å². The van der Waals surface area contributed by atoms with E-state index in [0.717, 1.165) is 12.2 Å². The Bertz CT molecular complexity index is 390. The lowest BCUT2D eigenvalue weighted by Crippen LogP contribution is -2.15. The lowest BCUT2D eigenvalue weighted by molar-refractivity contribution is 0.0696. The van der Waals surface area contributed by atoms with Gasteiger partial charge in [0.1, 0.15) is 0 Å². The first-order chi connectivity index (χ1) is 10.2. The summed E-state index contributed by atoms with van der Waals surface area (Å²) in [5.41, 5.74) is 1.13. The van der Waals surface area contributed by atoms with Crippen LogP contribution < -0.4 is 5.32 Å². The largest absolute Gasteiger partial charge is 0.478 e. The van der Waals surface area contributed by atoms with Crippen LogP contribution in [0.1, 0.15) is 74.3 Å². The Kier molecular flexibility index (Phi) is 9.46. The van der Waals surface area contributed by atoms with Crippen LogP contribution in [-0.2, 0) is 6.54 Å². The van der Waals surface area contributed by atoms with E-state index in [2.05, 4.69) is 17.2 Å². The number of nitrogens with zero attached hydrogens (tertiary/aromatic N) is 1. The zero-order valence-corrected chi connectivity index (χ0v) is 13.1. The van der Waals surface area contributed by atoms with Gasteiger partial charge in [-0.15, -0.1) is 0 Å². The van der Waals surface area contributed by atoms with E-state index in [-0.39, 0.29) is 5.56 Å². The highest BCUT2D eigenvalue weighted by Crippen LogP contribution is 2.08. The summed E-state index contributed by atoms with van der Waals surface area (Å²) in [6, 6.07) is 3.37. The zero-order valence-electron chi connectivity index (χ0n) is 13.1. The number of rotatable bonds is 12. The van der Waals surface area contributed by atoms with Gasteiger partial charge < -0.3 is 10.4 Å². The molecular formula is C17H28N2O2. The molecular weight excluding hydrogens is 264 g/mol. The fraction of sp³-hybridized carbons (Fsp3) is 0.647. The third-order valence-electron chi connectivity index (χ3n) is 3.58. The molecule has 0 aliphatic rings. The lowest BCUT2D eigenvalue weighted by atomic mass is 10.1. The van der Waals surface area contributed by atoms with Crippen molar-refractivity contribution in [3.63, 3.8) is 0 Å². The van der Waals surface area contributed by atoms with Gasteiger partial charge in [-0.2, -0.15) is 0 Å². The van der Waals surface area contributed by atoms with Crippen molar-refractivity contribution in [2.75, 3.05) is 6.54 Å². The topological polar surface area (TPSA) is 62.2 Å². The second-order valence-corrected chi connectivity index (χ2v) is 5.50. The van der Waals surface area contributed by atoms with Crippen molar-refractivity contribution in [2.24, 2.45) is 0 Å². The molecule has 0 saturated heterocycles. The van der Waals surface area contributed by atoms with Crippen molar-refractivity contribution >= 4 is 5.97 Å². The average Bonchev–Trinajstić information content (AvgIpc) is 2.49. The molecule has 0 aliphatic carbocycles. The highest BCUT2D eigenvalue weighted by atomic mass is 16.4. The SMILES string of the molecule is CCCCCCCCCCNCc1ccc(C(=O)O)cn1. The Balaban J connectivity index is 1.98. The molecule has 0 aliphatic heterocycles.